The zero-order chi connectivity index (χ0) is 21.5. The van der Waals surface area contributed by atoms with E-state index in [0.717, 1.165) is 11.5 Å². The molecule has 152 valence electrons. The normalized spacial score (nSPS) is 12.9. The Balaban J connectivity index is 1.81. The molecule has 0 radical (unpaired) electrons. The summed E-state index contributed by atoms with van der Waals surface area (Å²) in [6, 6.07) is 22.0. The Morgan fingerprint density at radius 1 is 0.774 bits per heavy atom. The predicted octanol–water partition coefficient (Wildman–Crippen LogP) is 7.35. The molecule has 0 unspecified atom stereocenters. The highest BCUT2D eigenvalue weighted by Crippen LogP contribution is 2.50. The van der Waals surface area contributed by atoms with Gasteiger partial charge in [-0.05, 0) is 57.1 Å². The van der Waals surface area contributed by atoms with Crippen molar-refractivity contribution in [3.63, 3.8) is 0 Å². The third-order valence-electron chi connectivity index (χ3n) is 6.78. The summed E-state index contributed by atoms with van der Waals surface area (Å²) in [5.74, 6) is 1.90. The zero-order valence-corrected chi connectivity index (χ0v) is 18.7. The van der Waals surface area contributed by atoms with E-state index in [1.807, 2.05) is 0 Å². The molecule has 2 heteroatoms. The highest BCUT2D eigenvalue weighted by Gasteiger charge is 2.31. The van der Waals surface area contributed by atoms with Gasteiger partial charge in [0.15, 0.2) is 6.20 Å². The Morgan fingerprint density at radius 2 is 1.55 bits per heavy atom. The number of rotatable bonds is 0. The summed E-state index contributed by atoms with van der Waals surface area (Å²) in [6.45, 7) is 9.05. The van der Waals surface area contributed by atoms with Gasteiger partial charge in [0, 0.05) is 11.5 Å². The van der Waals surface area contributed by atoms with Crippen LogP contribution in [0, 0.1) is 6.92 Å². The van der Waals surface area contributed by atoms with Crippen molar-refractivity contribution in [1.82, 2.24) is 0 Å². The van der Waals surface area contributed by atoms with E-state index in [1.54, 1.807) is 0 Å². The molecule has 0 N–H and O–H groups in total. The molecule has 0 saturated heterocycles. The summed E-state index contributed by atoms with van der Waals surface area (Å²) in [6.07, 6.45) is 2.19. The molecule has 1 aliphatic heterocycles. The zero-order valence-electron chi connectivity index (χ0n) is 18.7. The van der Waals surface area contributed by atoms with Crippen LogP contribution in [-0.2, 0) is 12.5 Å². The number of aromatic nitrogens is 1. The Labute approximate surface area is 182 Å². The smallest absolute Gasteiger partial charge is 0.228 e. The van der Waals surface area contributed by atoms with Crippen LogP contribution in [0.1, 0.15) is 31.9 Å². The molecule has 1 aliphatic rings. The van der Waals surface area contributed by atoms with Crippen molar-refractivity contribution < 1.29 is 9.30 Å². The van der Waals surface area contributed by atoms with Crippen LogP contribution in [0.3, 0.4) is 0 Å². The maximum absolute atomic E-state index is 6.66. The summed E-state index contributed by atoms with van der Waals surface area (Å²) in [4.78, 5) is 0. The summed E-state index contributed by atoms with van der Waals surface area (Å²) in [7, 11) is 2.14. The first-order valence-corrected chi connectivity index (χ1v) is 10.9. The number of hydrogen-bond acceptors (Lipinski definition) is 1. The van der Waals surface area contributed by atoms with Crippen molar-refractivity contribution in [1.29, 1.82) is 0 Å². The molecule has 6 rings (SSSR count). The molecule has 1 aromatic heterocycles. The summed E-state index contributed by atoms with van der Waals surface area (Å²) >= 11 is 0. The minimum atomic E-state index is 0.0571. The van der Waals surface area contributed by atoms with E-state index in [2.05, 4.69) is 106 Å². The van der Waals surface area contributed by atoms with E-state index >= 15 is 0 Å². The lowest BCUT2D eigenvalue weighted by atomic mass is 9.82. The lowest BCUT2D eigenvalue weighted by Crippen LogP contribution is -2.31. The summed E-state index contributed by atoms with van der Waals surface area (Å²) in [5, 5.41) is 7.52. The molecule has 2 heterocycles. The second kappa shape index (κ2) is 6.07. The van der Waals surface area contributed by atoms with E-state index in [-0.39, 0.29) is 5.41 Å². The molecule has 0 spiro atoms. The molecule has 5 aromatic rings. The van der Waals surface area contributed by atoms with E-state index in [4.69, 9.17) is 4.74 Å². The van der Waals surface area contributed by atoms with Gasteiger partial charge in [0.05, 0.1) is 10.9 Å². The van der Waals surface area contributed by atoms with Gasteiger partial charge in [-0.1, -0.05) is 63.2 Å². The Morgan fingerprint density at radius 3 is 2.35 bits per heavy atom. The van der Waals surface area contributed by atoms with Gasteiger partial charge in [-0.3, -0.25) is 0 Å². The van der Waals surface area contributed by atoms with Crippen LogP contribution in [0.4, 0.5) is 0 Å². The highest BCUT2D eigenvalue weighted by molar-refractivity contribution is 6.16. The van der Waals surface area contributed by atoms with Crippen LogP contribution >= 0.6 is 0 Å². The maximum atomic E-state index is 6.66. The second-order valence-electron chi connectivity index (χ2n) is 9.79. The van der Waals surface area contributed by atoms with Gasteiger partial charge in [0.25, 0.3) is 0 Å². The van der Waals surface area contributed by atoms with Gasteiger partial charge in [0.1, 0.15) is 18.5 Å². The fraction of sp³-hybridized carbons (Fsp3) is 0.207. The van der Waals surface area contributed by atoms with Crippen LogP contribution in [0.2, 0.25) is 0 Å². The number of fused-ring (bicyclic) bond motifs is 5. The molecule has 2 nitrogen and oxygen atoms in total. The minimum absolute atomic E-state index is 0.0571. The molecule has 31 heavy (non-hydrogen) atoms. The molecular weight excluding hydrogens is 378 g/mol. The van der Waals surface area contributed by atoms with Crippen molar-refractivity contribution in [2.45, 2.75) is 33.1 Å². The number of aryl methyl sites for hydroxylation is 2. The molecule has 0 saturated carbocycles. The van der Waals surface area contributed by atoms with Crippen LogP contribution in [-0.4, -0.2) is 0 Å². The van der Waals surface area contributed by atoms with Crippen molar-refractivity contribution in [3.05, 3.63) is 78.0 Å². The average Bonchev–Trinajstić information content (AvgIpc) is 2.74. The molecule has 4 aromatic carbocycles. The highest BCUT2D eigenvalue weighted by atomic mass is 16.5. The quantitative estimate of drug-likeness (QED) is 0.190. The number of nitrogens with zero attached hydrogens (tertiary/aromatic N) is 1. The van der Waals surface area contributed by atoms with Crippen LogP contribution in [0.25, 0.3) is 43.6 Å². The first-order valence-electron chi connectivity index (χ1n) is 10.9. The van der Waals surface area contributed by atoms with Gasteiger partial charge in [-0.25, -0.2) is 4.57 Å². The van der Waals surface area contributed by atoms with Crippen molar-refractivity contribution >= 4 is 32.3 Å². The van der Waals surface area contributed by atoms with E-state index < -0.39 is 0 Å². The number of hydrogen-bond donors (Lipinski definition) is 0. The van der Waals surface area contributed by atoms with Crippen molar-refractivity contribution in [3.8, 4) is 22.8 Å². The number of benzene rings is 4. The SMILES string of the molecule is Cc1c2c(cc3ccccc13)Oc1cc3c(C(C)(C)C)cccc3c3cc[n+](C)c-2c13. The molecule has 0 atom stereocenters. The van der Waals surface area contributed by atoms with Gasteiger partial charge < -0.3 is 4.74 Å². The monoisotopic (exact) mass is 404 g/mol. The average molecular weight is 405 g/mol. The Kier molecular flexibility index (Phi) is 3.60. The Hall–Kier alpha value is -3.39. The fourth-order valence-electron chi connectivity index (χ4n) is 5.31. The lowest BCUT2D eigenvalue weighted by molar-refractivity contribution is -0.659. The van der Waals surface area contributed by atoms with Gasteiger partial charge in [-0.15, -0.1) is 0 Å². The predicted molar refractivity (Wildman–Crippen MR) is 129 cm³/mol. The van der Waals surface area contributed by atoms with E-state index in [1.165, 1.54) is 54.7 Å². The summed E-state index contributed by atoms with van der Waals surface area (Å²) in [5.41, 5.74) is 5.11. The minimum Gasteiger partial charge on any atom is -0.456 e. The van der Waals surface area contributed by atoms with Crippen LogP contribution in [0.15, 0.2) is 66.9 Å². The molecule has 0 amide bonds. The Bertz CT molecular complexity index is 1550. The third-order valence-corrected chi connectivity index (χ3v) is 6.78. The van der Waals surface area contributed by atoms with Crippen molar-refractivity contribution in [2.24, 2.45) is 7.05 Å². The number of ether oxygens (including phenoxy) is 1. The lowest BCUT2D eigenvalue weighted by Gasteiger charge is -2.25. The second-order valence-corrected chi connectivity index (χ2v) is 9.79. The van der Waals surface area contributed by atoms with Crippen molar-refractivity contribution in [2.75, 3.05) is 0 Å². The summed E-state index contributed by atoms with van der Waals surface area (Å²) < 4.78 is 8.90. The van der Waals surface area contributed by atoms with Gasteiger partial charge in [-0.2, -0.15) is 0 Å². The molecule has 0 aliphatic carbocycles. The van der Waals surface area contributed by atoms with E-state index in [9.17, 15) is 0 Å². The molecular formula is C29H26NO+. The molecule has 0 fully saturated rings. The first-order chi connectivity index (χ1) is 14.8. The van der Waals surface area contributed by atoms with Gasteiger partial charge in [0.2, 0.25) is 5.69 Å². The van der Waals surface area contributed by atoms with Gasteiger partial charge >= 0.3 is 0 Å². The third kappa shape index (κ3) is 2.48. The standard InChI is InChI=1S/C29H26NO/c1-17-19-10-7-6-9-18(19)15-24-26(17)28-27-21(13-14-30(28)5)20-11-8-12-23(29(2,3)4)22(20)16-25(27)31-24/h6-16H,1-5H3/q+1. The number of pyridine rings is 1. The topological polar surface area (TPSA) is 13.1 Å². The molecule has 0 bridgehead atoms. The maximum Gasteiger partial charge on any atom is 0.228 e. The van der Waals surface area contributed by atoms with Crippen LogP contribution in [0.5, 0.6) is 11.5 Å². The van der Waals surface area contributed by atoms with Crippen LogP contribution < -0.4 is 9.30 Å². The largest absolute Gasteiger partial charge is 0.456 e. The fourth-order valence-corrected chi connectivity index (χ4v) is 5.31. The van der Waals surface area contributed by atoms with E-state index in [0.29, 0.717) is 0 Å². The first kappa shape index (κ1) is 18.4.